The van der Waals surface area contributed by atoms with Crippen LogP contribution in [-0.4, -0.2) is 25.0 Å². The van der Waals surface area contributed by atoms with Crippen molar-refractivity contribution >= 4 is 11.9 Å². The Bertz CT molecular complexity index is 698. The van der Waals surface area contributed by atoms with Crippen LogP contribution in [0.3, 0.4) is 0 Å². The summed E-state index contributed by atoms with van der Waals surface area (Å²) in [4.78, 5) is 23.9. The molecule has 0 aliphatic carbocycles. The fourth-order valence-electron chi connectivity index (χ4n) is 2.07. The summed E-state index contributed by atoms with van der Waals surface area (Å²) in [7, 11) is 0. The topological polar surface area (TPSA) is 64.6 Å². The first-order valence-electron chi connectivity index (χ1n) is 8.26. The summed E-state index contributed by atoms with van der Waals surface area (Å²) in [6.45, 7) is 4.57. The van der Waals surface area contributed by atoms with E-state index >= 15 is 0 Å². The standard InChI is InChI=1S/C20H23NO4/c1-15(2)12-21-19(22)14-25-20(23)17-10-6-7-11-18(17)24-13-16-8-4-3-5-9-16/h3-11,15H,12-14H2,1-2H3,(H,21,22). The number of carbonyl (C=O) groups excluding carboxylic acids is 2. The minimum atomic E-state index is -0.580. The molecule has 2 aromatic rings. The Morgan fingerprint density at radius 3 is 2.40 bits per heavy atom. The van der Waals surface area contributed by atoms with Gasteiger partial charge in [0.15, 0.2) is 6.61 Å². The van der Waals surface area contributed by atoms with E-state index in [-0.39, 0.29) is 12.5 Å². The highest BCUT2D eigenvalue weighted by molar-refractivity contribution is 5.93. The molecule has 1 amide bonds. The molecule has 0 aromatic heterocycles. The number of hydrogen-bond acceptors (Lipinski definition) is 4. The van der Waals surface area contributed by atoms with Crippen molar-refractivity contribution in [2.24, 2.45) is 5.92 Å². The maximum atomic E-state index is 12.2. The van der Waals surface area contributed by atoms with Gasteiger partial charge in [0.05, 0.1) is 0 Å². The van der Waals surface area contributed by atoms with Gasteiger partial charge < -0.3 is 14.8 Å². The Morgan fingerprint density at radius 1 is 1.00 bits per heavy atom. The predicted molar refractivity (Wildman–Crippen MR) is 95.3 cm³/mol. The highest BCUT2D eigenvalue weighted by Crippen LogP contribution is 2.20. The number of nitrogens with one attached hydrogen (secondary N) is 1. The third-order valence-corrected chi connectivity index (χ3v) is 3.39. The number of benzene rings is 2. The van der Waals surface area contributed by atoms with Crippen molar-refractivity contribution in [1.82, 2.24) is 5.32 Å². The first-order chi connectivity index (χ1) is 12.1. The number of esters is 1. The van der Waals surface area contributed by atoms with E-state index in [1.165, 1.54) is 0 Å². The number of ether oxygens (including phenoxy) is 2. The summed E-state index contributed by atoms with van der Waals surface area (Å²) in [6.07, 6.45) is 0. The lowest BCUT2D eigenvalue weighted by Gasteiger charge is -2.12. The van der Waals surface area contributed by atoms with E-state index in [1.54, 1.807) is 24.3 Å². The molecule has 0 saturated carbocycles. The van der Waals surface area contributed by atoms with Crippen LogP contribution in [0.1, 0.15) is 29.8 Å². The quantitative estimate of drug-likeness (QED) is 0.749. The lowest BCUT2D eigenvalue weighted by atomic mass is 10.2. The zero-order valence-electron chi connectivity index (χ0n) is 14.5. The van der Waals surface area contributed by atoms with Gasteiger partial charge in [0.25, 0.3) is 5.91 Å². The Balaban J connectivity index is 1.92. The van der Waals surface area contributed by atoms with Gasteiger partial charge in [-0.05, 0) is 23.6 Å². The van der Waals surface area contributed by atoms with E-state index < -0.39 is 5.97 Å². The molecule has 0 spiro atoms. The van der Waals surface area contributed by atoms with Crippen molar-refractivity contribution in [2.75, 3.05) is 13.2 Å². The van der Waals surface area contributed by atoms with Gasteiger partial charge in [-0.25, -0.2) is 4.79 Å². The van der Waals surface area contributed by atoms with E-state index in [9.17, 15) is 9.59 Å². The predicted octanol–water partition coefficient (Wildman–Crippen LogP) is 3.19. The minimum absolute atomic E-state index is 0.301. The molecular formula is C20H23NO4. The summed E-state index contributed by atoms with van der Waals surface area (Å²) in [6, 6.07) is 16.5. The van der Waals surface area contributed by atoms with Gasteiger partial charge in [0.2, 0.25) is 0 Å². The van der Waals surface area contributed by atoms with Crippen LogP contribution in [0.15, 0.2) is 54.6 Å². The van der Waals surface area contributed by atoms with Crippen molar-refractivity contribution in [3.05, 3.63) is 65.7 Å². The zero-order chi connectivity index (χ0) is 18.1. The molecule has 2 rings (SSSR count). The minimum Gasteiger partial charge on any atom is -0.488 e. The molecule has 1 N–H and O–H groups in total. The molecule has 0 atom stereocenters. The molecule has 0 bridgehead atoms. The summed E-state index contributed by atoms with van der Waals surface area (Å²) < 4.78 is 10.8. The smallest absolute Gasteiger partial charge is 0.342 e. The normalized spacial score (nSPS) is 10.4. The van der Waals surface area contributed by atoms with Crippen LogP contribution < -0.4 is 10.1 Å². The molecule has 0 aliphatic rings. The van der Waals surface area contributed by atoms with Gasteiger partial charge in [-0.2, -0.15) is 0 Å². The second-order valence-electron chi connectivity index (χ2n) is 6.04. The van der Waals surface area contributed by atoms with Crippen LogP contribution in [-0.2, 0) is 16.1 Å². The molecule has 25 heavy (non-hydrogen) atoms. The van der Waals surface area contributed by atoms with Gasteiger partial charge >= 0.3 is 5.97 Å². The number of amides is 1. The Kier molecular flexibility index (Phi) is 7.01. The van der Waals surface area contributed by atoms with Gasteiger partial charge in [-0.3, -0.25) is 4.79 Å². The SMILES string of the molecule is CC(C)CNC(=O)COC(=O)c1ccccc1OCc1ccccc1. The fraction of sp³-hybridized carbons (Fsp3) is 0.300. The Labute approximate surface area is 148 Å². The van der Waals surface area contributed by atoms with Crippen LogP contribution in [0.5, 0.6) is 5.75 Å². The van der Waals surface area contributed by atoms with Gasteiger partial charge in [0.1, 0.15) is 17.9 Å². The van der Waals surface area contributed by atoms with Gasteiger partial charge in [0, 0.05) is 6.54 Å². The summed E-state index contributed by atoms with van der Waals surface area (Å²) >= 11 is 0. The summed E-state index contributed by atoms with van der Waals surface area (Å²) in [5, 5.41) is 2.70. The molecule has 0 fully saturated rings. The van der Waals surface area contributed by atoms with Crippen LogP contribution in [0.2, 0.25) is 0 Å². The van der Waals surface area contributed by atoms with E-state index in [0.717, 1.165) is 5.56 Å². The third kappa shape index (κ3) is 6.30. The van der Waals surface area contributed by atoms with Crippen molar-refractivity contribution < 1.29 is 19.1 Å². The summed E-state index contributed by atoms with van der Waals surface area (Å²) in [5.41, 5.74) is 1.30. The van der Waals surface area contributed by atoms with Gasteiger partial charge in [-0.1, -0.05) is 56.3 Å². The average molecular weight is 341 g/mol. The molecule has 5 nitrogen and oxygen atoms in total. The van der Waals surface area contributed by atoms with Crippen LogP contribution in [0.4, 0.5) is 0 Å². The van der Waals surface area contributed by atoms with Crippen LogP contribution in [0, 0.1) is 5.92 Å². The van der Waals surface area contributed by atoms with E-state index in [4.69, 9.17) is 9.47 Å². The fourth-order valence-corrected chi connectivity index (χ4v) is 2.07. The van der Waals surface area contributed by atoms with E-state index in [2.05, 4.69) is 5.32 Å². The van der Waals surface area contributed by atoms with Crippen LogP contribution >= 0.6 is 0 Å². The van der Waals surface area contributed by atoms with Crippen molar-refractivity contribution in [3.63, 3.8) is 0 Å². The molecule has 0 radical (unpaired) electrons. The zero-order valence-corrected chi connectivity index (χ0v) is 14.5. The largest absolute Gasteiger partial charge is 0.488 e. The highest BCUT2D eigenvalue weighted by Gasteiger charge is 2.15. The molecule has 0 unspecified atom stereocenters. The average Bonchev–Trinajstić information content (AvgIpc) is 2.63. The number of para-hydroxylation sites is 1. The first kappa shape index (κ1) is 18.5. The molecule has 2 aromatic carbocycles. The molecule has 132 valence electrons. The molecule has 0 heterocycles. The number of carbonyl (C=O) groups is 2. The molecule has 5 heteroatoms. The second-order valence-corrected chi connectivity index (χ2v) is 6.04. The lowest BCUT2D eigenvalue weighted by molar-refractivity contribution is -0.124. The molecule has 0 aliphatic heterocycles. The van der Waals surface area contributed by atoms with E-state index in [0.29, 0.717) is 30.4 Å². The molecular weight excluding hydrogens is 318 g/mol. The molecule has 0 saturated heterocycles. The third-order valence-electron chi connectivity index (χ3n) is 3.39. The lowest BCUT2D eigenvalue weighted by Crippen LogP contribution is -2.31. The Hall–Kier alpha value is -2.82. The van der Waals surface area contributed by atoms with Crippen molar-refractivity contribution in [2.45, 2.75) is 20.5 Å². The number of hydrogen-bond donors (Lipinski definition) is 1. The van der Waals surface area contributed by atoms with Crippen molar-refractivity contribution in [3.8, 4) is 5.75 Å². The van der Waals surface area contributed by atoms with E-state index in [1.807, 2.05) is 44.2 Å². The van der Waals surface area contributed by atoms with Gasteiger partial charge in [-0.15, -0.1) is 0 Å². The maximum absolute atomic E-state index is 12.2. The maximum Gasteiger partial charge on any atom is 0.342 e. The van der Waals surface area contributed by atoms with Crippen molar-refractivity contribution in [1.29, 1.82) is 0 Å². The monoisotopic (exact) mass is 341 g/mol. The number of rotatable bonds is 8. The highest BCUT2D eigenvalue weighted by atomic mass is 16.5. The summed E-state index contributed by atoms with van der Waals surface area (Å²) in [5.74, 6) is -0.126. The first-order valence-corrected chi connectivity index (χ1v) is 8.26. The Morgan fingerprint density at radius 2 is 1.68 bits per heavy atom. The van der Waals surface area contributed by atoms with Crippen LogP contribution in [0.25, 0.3) is 0 Å². The second kappa shape index (κ2) is 9.47.